The van der Waals surface area contributed by atoms with Crippen molar-refractivity contribution in [3.8, 4) is 0 Å². The van der Waals surface area contributed by atoms with Gasteiger partial charge in [0.1, 0.15) is 4.90 Å². The van der Waals surface area contributed by atoms with E-state index in [2.05, 4.69) is 31.9 Å². The van der Waals surface area contributed by atoms with Gasteiger partial charge in [0.05, 0.1) is 0 Å². The van der Waals surface area contributed by atoms with Crippen molar-refractivity contribution < 1.29 is 8.42 Å². The summed E-state index contributed by atoms with van der Waals surface area (Å²) in [6, 6.07) is 1.87. The number of aryl methyl sites for hydroxylation is 2. The van der Waals surface area contributed by atoms with Crippen LogP contribution in [0.3, 0.4) is 0 Å². The SMILES string of the molecule is Cc1cc(C)c(Br)c(S(=O)(=O)Cl)c1Br. The summed E-state index contributed by atoms with van der Waals surface area (Å²) < 4.78 is 23.6. The molecule has 0 atom stereocenters. The summed E-state index contributed by atoms with van der Waals surface area (Å²) in [4.78, 5) is 0.0941. The van der Waals surface area contributed by atoms with Crippen molar-refractivity contribution in [3.05, 3.63) is 26.1 Å². The third kappa shape index (κ3) is 2.32. The first-order valence-corrected chi connectivity index (χ1v) is 7.54. The molecular formula is C8H7Br2ClO2S. The van der Waals surface area contributed by atoms with Crippen LogP contribution in [0, 0.1) is 13.8 Å². The third-order valence-electron chi connectivity index (χ3n) is 1.77. The Labute approximate surface area is 104 Å². The molecule has 0 amide bonds. The summed E-state index contributed by atoms with van der Waals surface area (Å²) in [7, 11) is 1.59. The zero-order chi connectivity index (χ0) is 11.1. The van der Waals surface area contributed by atoms with Crippen LogP contribution in [0.25, 0.3) is 0 Å². The highest BCUT2D eigenvalue weighted by Crippen LogP contribution is 2.36. The zero-order valence-electron chi connectivity index (χ0n) is 7.44. The lowest BCUT2D eigenvalue weighted by Crippen LogP contribution is -1.97. The molecule has 0 unspecified atom stereocenters. The Bertz CT molecular complexity index is 456. The molecule has 0 heterocycles. The van der Waals surface area contributed by atoms with Crippen molar-refractivity contribution in [2.24, 2.45) is 0 Å². The maximum atomic E-state index is 11.3. The van der Waals surface area contributed by atoms with Crippen LogP contribution in [0.2, 0.25) is 0 Å². The van der Waals surface area contributed by atoms with Gasteiger partial charge >= 0.3 is 0 Å². The maximum Gasteiger partial charge on any atom is 0.263 e. The Morgan fingerprint density at radius 3 is 1.79 bits per heavy atom. The van der Waals surface area contributed by atoms with Crippen LogP contribution in [-0.2, 0) is 9.05 Å². The van der Waals surface area contributed by atoms with Crippen LogP contribution >= 0.6 is 42.5 Å². The van der Waals surface area contributed by atoms with E-state index >= 15 is 0 Å². The van der Waals surface area contributed by atoms with Gasteiger partial charge in [0, 0.05) is 19.6 Å². The minimum Gasteiger partial charge on any atom is -0.207 e. The molecule has 0 fully saturated rings. The molecule has 1 rings (SSSR count). The summed E-state index contributed by atoms with van der Waals surface area (Å²) in [5.41, 5.74) is 1.68. The molecule has 0 aliphatic heterocycles. The fraction of sp³-hybridized carbons (Fsp3) is 0.250. The van der Waals surface area contributed by atoms with Gasteiger partial charge in [-0.1, -0.05) is 6.07 Å². The second-order valence-corrected chi connectivity index (χ2v) is 6.99. The second kappa shape index (κ2) is 4.12. The first kappa shape index (κ1) is 12.5. The molecule has 0 spiro atoms. The lowest BCUT2D eigenvalue weighted by Gasteiger charge is -2.09. The van der Waals surface area contributed by atoms with Gasteiger partial charge in [-0.05, 0) is 56.8 Å². The molecule has 0 N–H and O–H groups in total. The number of benzene rings is 1. The maximum absolute atomic E-state index is 11.3. The van der Waals surface area contributed by atoms with Gasteiger partial charge in [-0.15, -0.1) is 0 Å². The van der Waals surface area contributed by atoms with Gasteiger partial charge < -0.3 is 0 Å². The van der Waals surface area contributed by atoms with Crippen molar-refractivity contribution in [1.82, 2.24) is 0 Å². The minimum atomic E-state index is -3.73. The van der Waals surface area contributed by atoms with Crippen molar-refractivity contribution in [2.75, 3.05) is 0 Å². The largest absolute Gasteiger partial charge is 0.263 e. The Morgan fingerprint density at radius 2 is 1.50 bits per heavy atom. The average molecular weight is 362 g/mol. The van der Waals surface area contributed by atoms with E-state index in [-0.39, 0.29) is 4.90 Å². The standard InChI is InChI=1S/C8H7Br2ClO2S/c1-4-3-5(2)7(10)8(6(4)9)14(11,12)13/h3H,1-2H3. The van der Waals surface area contributed by atoms with E-state index in [0.29, 0.717) is 8.95 Å². The molecule has 0 saturated carbocycles. The van der Waals surface area contributed by atoms with Gasteiger partial charge in [0.2, 0.25) is 0 Å². The van der Waals surface area contributed by atoms with Crippen molar-refractivity contribution in [3.63, 3.8) is 0 Å². The number of halogens is 3. The first-order chi connectivity index (χ1) is 6.25. The van der Waals surface area contributed by atoms with Gasteiger partial charge in [-0.3, -0.25) is 0 Å². The lowest BCUT2D eigenvalue weighted by molar-refractivity contribution is 0.608. The normalized spacial score (nSPS) is 11.8. The molecular weight excluding hydrogens is 355 g/mol. The number of hydrogen-bond donors (Lipinski definition) is 0. The molecule has 14 heavy (non-hydrogen) atoms. The molecule has 78 valence electrons. The number of rotatable bonds is 1. The average Bonchev–Trinajstić information content (AvgIpc) is 1.98. The van der Waals surface area contributed by atoms with E-state index in [1.54, 1.807) is 0 Å². The molecule has 0 bridgehead atoms. The molecule has 0 saturated heterocycles. The highest BCUT2D eigenvalue weighted by molar-refractivity contribution is 9.11. The molecule has 1 aromatic carbocycles. The fourth-order valence-corrected chi connectivity index (χ4v) is 5.06. The summed E-state index contributed by atoms with van der Waals surface area (Å²) in [6.07, 6.45) is 0. The Balaban J connectivity index is 3.74. The molecule has 6 heteroatoms. The van der Waals surface area contributed by atoms with E-state index in [9.17, 15) is 8.42 Å². The Kier molecular flexibility index (Phi) is 3.67. The van der Waals surface area contributed by atoms with Crippen LogP contribution in [0.4, 0.5) is 0 Å². The minimum absolute atomic E-state index is 0.0941. The molecule has 0 aliphatic rings. The monoisotopic (exact) mass is 360 g/mol. The predicted molar refractivity (Wildman–Crippen MR) is 64.4 cm³/mol. The third-order valence-corrected chi connectivity index (χ3v) is 5.70. The second-order valence-electron chi connectivity index (χ2n) is 2.91. The van der Waals surface area contributed by atoms with E-state index in [4.69, 9.17) is 10.7 Å². The van der Waals surface area contributed by atoms with Crippen LogP contribution in [0.1, 0.15) is 11.1 Å². The van der Waals surface area contributed by atoms with Crippen LogP contribution in [-0.4, -0.2) is 8.42 Å². The van der Waals surface area contributed by atoms with Gasteiger partial charge in [0.25, 0.3) is 9.05 Å². The van der Waals surface area contributed by atoms with Crippen molar-refractivity contribution in [2.45, 2.75) is 18.7 Å². The molecule has 2 nitrogen and oxygen atoms in total. The topological polar surface area (TPSA) is 34.1 Å². The predicted octanol–water partition coefficient (Wildman–Crippen LogP) is 3.76. The van der Waals surface area contributed by atoms with E-state index in [1.807, 2.05) is 19.9 Å². The highest BCUT2D eigenvalue weighted by Gasteiger charge is 2.21. The number of hydrogen-bond acceptors (Lipinski definition) is 2. The highest BCUT2D eigenvalue weighted by atomic mass is 79.9. The Morgan fingerprint density at radius 1 is 1.14 bits per heavy atom. The quantitative estimate of drug-likeness (QED) is 0.713. The zero-order valence-corrected chi connectivity index (χ0v) is 12.2. The summed E-state index contributed by atoms with van der Waals surface area (Å²) >= 11 is 6.41. The smallest absolute Gasteiger partial charge is 0.207 e. The molecule has 0 radical (unpaired) electrons. The van der Waals surface area contributed by atoms with Crippen molar-refractivity contribution in [1.29, 1.82) is 0 Å². The molecule has 1 aromatic rings. The van der Waals surface area contributed by atoms with Crippen molar-refractivity contribution >= 4 is 51.6 Å². The van der Waals surface area contributed by atoms with E-state index in [1.165, 1.54) is 0 Å². The lowest BCUT2D eigenvalue weighted by atomic mass is 10.2. The van der Waals surface area contributed by atoms with E-state index < -0.39 is 9.05 Å². The summed E-state index contributed by atoms with van der Waals surface area (Å²) in [5.74, 6) is 0. The van der Waals surface area contributed by atoms with Gasteiger partial charge in [0.15, 0.2) is 0 Å². The van der Waals surface area contributed by atoms with Crippen LogP contribution in [0.5, 0.6) is 0 Å². The van der Waals surface area contributed by atoms with Crippen LogP contribution in [0.15, 0.2) is 19.9 Å². The Hall–Kier alpha value is 0.420. The van der Waals surface area contributed by atoms with Crippen LogP contribution < -0.4 is 0 Å². The van der Waals surface area contributed by atoms with E-state index in [0.717, 1.165) is 11.1 Å². The summed E-state index contributed by atoms with van der Waals surface area (Å²) in [5, 5.41) is 0. The van der Waals surface area contributed by atoms with Gasteiger partial charge in [-0.25, -0.2) is 8.42 Å². The molecule has 0 aromatic heterocycles. The summed E-state index contributed by atoms with van der Waals surface area (Å²) in [6.45, 7) is 3.63. The molecule has 0 aliphatic carbocycles. The van der Waals surface area contributed by atoms with Gasteiger partial charge in [-0.2, -0.15) is 0 Å². The first-order valence-electron chi connectivity index (χ1n) is 3.65. The fourth-order valence-electron chi connectivity index (χ4n) is 1.12.